The molecular formula is C11H14FN3O. The summed E-state index contributed by atoms with van der Waals surface area (Å²) in [6.45, 7) is 1.73. The van der Waals surface area contributed by atoms with Crippen LogP contribution >= 0.6 is 0 Å². The van der Waals surface area contributed by atoms with Crippen molar-refractivity contribution < 1.29 is 9.13 Å². The standard InChI is InChI=1S/C11H14FN3O/c1-2-8(6-11(14)15)16-10-4-3-7(13)5-9(10)12/h2-6H,13-15H2,1H3/b8-2+. The quantitative estimate of drug-likeness (QED) is 0.411. The van der Waals surface area contributed by atoms with E-state index in [4.69, 9.17) is 21.9 Å². The molecule has 0 aliphatic heterocycles. The zero-order chi connectivity index (χ0) is 12.1. The topological polar surface area (TPSA) is 87.3 Å². The molecule has 0 amide bonds. The fourth-order valence-corrected chi connectivity index (χ4v) is 1.06. The Kier molecular flexibility index (Phi) is 3.77. The van der Waals surface area contributed by atoms with E-state index in [2.05, 4.69) is 0 Å². The molecule has 1 aromatic carbocycles. The van der Waals surface area contributed by atoms with E-state index < -0.39 is 5.82 Å². The summed E-state index contributed by atoms with van der Waals surface area (Å²) in [4.78, 5) is 0. The molecule has 5 heteroatoms. The predicted molar refractivity (Wildman–Crippen MR) is 61.7 cm³/mol. The molecule has 16 heavy (non-hydrogen) atoms. The van der Waals surface area contributed by atoms with Crippen molar-refractivity contribution in [2.24, 2.45) is 11.5 Å². The summed E-state index contributed by atoms with van der Waals surface area (Å²) >= 11 is 0. The number of hydrogen-bond donors (Lipinski definition) is 3. The second-order valence-corrected chi connectivity index (χ2v) is 3.13. The molecule has 0 unspecified atom stereocenters. The van der Waals surface area contributed by atoms with Crippen molar-refractivity contribution in [3.05, 3.63) is 47.7 Å². The zero-order valence-electron chi connectivity index (χ0n) is 8.91. The Bertz CT molecular complexity index is 437. The van der Waals surface area contributed by atoms with Gasteiger partial charge in [-0.2, -0.15) is 0 Å². The minimum absolute atomic E-state index is 0.0693. The Balaban J connectivity index is 2.91. The summed E-state index contributed by atoms with van der Waals surface area (Å²) in [7, 11) is 0. The molecule has 86 valence electrons. The van der Waals surface area contributed by atoms with Crippen LogP contribution in [0.3, 0.4) is 0 Å². The highest BCUT2D eigenvalue weighted by atomic mass is 19.1. The first-order chi connectivity index (χ1) is 7.52. The first-order valence-electron chi connectivity index (χ1n) is 4.64. The number of nitrogens with two attached hydrogens (primary N) is 3. The number of allylic oxidation sites excluding steroid dienone is 2. The lowest BCUT2D eigenvalue weighted by Crippen LogP contribution is -2.09. The summed E-state index contributed by atoms with van der Waals surface area (Å²) in [5, 5.41) is 0. The maximum absolute atomic E-state index is 13.4. The van der Waals surface area contributed by atoms with E-state index >= 15 is 0 Å². The highest BCUT2D eigenvalue weighted by Crippen LogP contribution is 2.21. The van der Waals surface area contributed by atoms with Crippen molar-refractivity contribution in [3.8, 4) is 5.75 Å². The van der Waals surface area contributed by atoms with Crippen molar-refractivity contribution in [2.45, 2.75) is 6.92 Å². The van der Waals surface area contributed by atoms with E-state index in [1.807, 2.05) is 0 Å². The smallest absolute Gasteiger partial charge is 0.167 e. The maximum atomic E-state index is 13.4. The summed E-state index contributed by atoms with van der Waals surface area (Å²) in [6, 6.07) is 4.16. The van der Waals surface area contributed by atoms with E-state index in [1.165, 1.54) is 18.2 Å². The van der Waals surface area contributed by atoms with Gasteiger partial charge < -0.3 is 21.9 Å². The van der Waals surface area contributed by atoms with Crippen LogP contribution < -0.4 is 21.9 Å². The summed E-state index contributed by atoms with van der Waals surface area (Å²) in [5.41, 5.74) is 16.3. The summed E-state index contributed by atoms with van der Waals surface area (Å²) in [6.07, 6.45) is 3.02. The van der Waals surface area contributed by atoms with Crippen LogP contribution in [-0.2, 0) is 0 Å². The summed E-state index contributed by atoms with van der Waals surface area (Å²) < 4.78 is 18.6. The van der Waals surface area contributed by atoms with Crippen LogP contribution in [0.1, 0.15) is 6.92 Å². The van der Waals surface area contributed by atoms with E-state index in [-0.39, 0.29) is 11.6 Å². The van der Waals surface area contributed by atoms with Gasteiger partial charge in [0.25, 0.3) is 0 Å². The van der Waals surface area contributed by atoms with Gasteiger partial charge in [-0.25, -0.2) is 4.39 Å². The van der Waals surface area contributed by atoms with Gasteiger partial charge in [0.15, 0.2) is 11.6 Å². The monoisotopic (exact) mass is 223 g/mol. The van der Waals surface area contributed by atoms with E-state index in [9.17, 15) is 4.39 Å². The molecule has 6 N–H and O–H groups in total. The van der Waals surface area contributed by atoms with Crippen molar-refractivity contribution in [1.82, 2.24) is 0 Å². The van der Waals surface area contributed by atoms with Crippen LogP contribution in [0.25, 0.3) is 0 Å². The molecule has 0 radical (unpaired) electrons. The Morgan fingerprint density at radius 3 is 2.56 bits per heavy atom. The number of nitrogen functional groups attached to an aromatic ring is 1. The average Bonchev–Trinajstić information content (AvgIpc) is 2.20. The largest absolute Gasteiger partial charge is 0.454 e. The van der Waals surface area contributed by atoms with Gasteiger partial charge in [0.05, 0.1) is 5.82 Å². The lowest BCUT2D eigenvalue weighted by molar-refractivity contribution is 0.410. The minimum atomic E-state index is -0.539. The highest BCUT2D eigenvalue weighted by molar-refractivity contribution is 5.43. The van der Waals surface area contributed by atoms with Crippen molar-refractivity contribution in [3.63, 3.8) is 0 Å². The molecule has 1 rings (SSSR count). The minimum Gasteiger partial charge on any atom is -0.454 e. The van der Waals surface area contributed by atoms with Gasteiger partial charge in [0.2, 0.25) is 0 Å². The van der Waals surface area contributed by atoms with Crippen LogP contribution in [0.2, 0.25) is 0 Å². The Morgan fingerprint density at radius 1 is 1.38 bits per heavy atom. The number of ether oxygens (including phenoxy) is 1. The Hall–Kier alpha value is -2.17. The predicted octanol–water partition coefficient (Wildman–Crippen LogP) is 1.45. The Labute approximate surface area is 93.2 Å². The molecule has 0 atom stereocenters. The molecule has 1 aromatic rings. The van der Waals surface area contributed by atoms with Crippen LogP contribution in [0.5, 0.6) is 5.75 Å². The number of hydrogen-bond acceptors (Lipinski definition) is 4. The molecular weight excluding hydrogens is 209 g/mol. The van der Waals surface area contributed by atoms with Gasteiger partial charge >= 0.3 is 0 Å². The molecule has 0 heterocycles. The van der Waals surface area contributed by atoms with Crippen LogP contribution in [-0.4, -0.2) is 0 Å². The Morgan fingerprint density at radius 2 is 2.06 bits per heavy atom. The van der Waals surface area contributed by atoms with Gasteiger partial charge in [-0.05, 0) is 25.1 Å². The van der Waals surface area contributed by atoms with Crippen LogP contribution in [0, 0.1) is 5.82 Å². The summed E-state index contributed by atoms with van der Waals surface area (Å²) in [5.74, 6) is -0.0178. The van der Waals surface area contributed by atoms with Crippen LogP contribution in [0.4, 0.5) is 10.1 Å². The normalized spacial score (nSPS) is 11.0. The maximum Gasteiger partial charge on any atom is 0.167 e. The molecule has 4 nitrogen and oxygen atoms in total. The molecule has 0 fully saturated rings. The molecule has 0 saturated carbocycles. The lowest BCUT2D eigenvalue weighted by Gasteiger charge is -2.08. The fraction of sp³-hybridized carbons (Fsp3) is 0.0909. The van der Waals surface area contributed by atoms with Crippen molar-refractivity contribution >= 4 is 5.69 Å². The molecule has 0 spiro atoms. The third kappa shape index (κ3) is 3.20. The van der Waals surface area contributed by atoms with E-state index in [0.29, 0.717) is 11.4 Å². The van der Waals surface area contributed by atoms with Crippen molar-refractivity contribution in [1.29, 1.82) is 0 Å². The lowest BCUT2D eigenvalue weighted by atomic mass is 10.3. The number of halogens is 1. The molecule has 0 aliphatic carbocycles. The SMILES string of the molecule is C/C=C(\C=C(N)N)Oc1ccc(N)cc1F. The third-order valence-electron chi connectivity index (χ3n) is 1.78. The first kappa shape index (κ1) is 11.9. The van der Waals surface area contributed by atoms with Gasteiger partial charge in [-0.1, -0.05) is 0 Å². The number of benzene rings is 1. The molecule has 0 bridgehead atoms. The van der Waals surface area contributed by atoms with Gasteiger partial charge in [-0.15, -0.1) is 0 Å². The van der Waals surface area contributed by atoms with Gasteiger partial charge in [-0.3, -0.25) is 0 Å². The zero-order valence-corrected chi connectivity index (χ0v) is 8.91. The van der Waals surface area contributed by atoms with Crippen molar-refractivity contribution in [2.75, 3.05) is 5.73 Å². The highest BCUT2D eigenvalue weighted by Gasteiger charge is 2.05. The van der Waals surface area contributed by atoms with E-state index in [1.54, 1.807) is 19.1 Å². The second-order valence-electron chi connectivity index (χ2n) is 3.13. The van der Waals surface area contributed by atoms with E-state index in [0.717, 1.165) is 0 Å². The first-order valence-corrected chi connectivity index (χ1v) is 4.64. The fourth-order valence-electron chi connectivity index (χ4n) is 1.06. The van der Waals surface area contributed by atoms with Gasteiger partial charge in [0.1, 0.15) is 5.76 Å². The van der Waals surface area contributed by atoms with Gasteiger partial charge in [0, 0.05) is 17.8 Å². The number of anilines is 1. The average molecular weight is 223 g/mol. The number of rotatable bonds is 3. The molecule has 0 saturated heterocycles. The molecule has 0 aliphatic rings. The third-order valence-corrected chi connectivity index (χ3v) is 1.78. The van der Waals surface area contributed by atoms with Crippen LogP contribution in [0.15, 0.2) is 41.9 Å². The molecule has 0 aromatic heterocycles. The second kappa shape index (κ2) is 5.06.